The topological polar surface area (TPSA) is 75.7 Å². The number of carbonyl (C=O) groups is 1. The third-order valence-electron chi connectivity index (χ3n) is 3.91. The molecule has 0 aromatic heterocycles. The lowest BCUT2D eigenvalue weighted by Crippen LogP contribution is -2.27. The number of hydrogen-bond acceptors (Lipinski definition) is 4. The van der Waals surface area contributed by atoms with E-state index >= 15 is 0 Å². The molecule has 0 aliphatic carbocycles. The van der Waals surface area contributed by atoms with Crippen LogP contribution in [-0.2, 0) is 19.6 Å². The second-order valence-electron chi connectivity index (χ2n) is 6.27. The van der Waals surface area contributed by atoms with Gasteiger partial charge in [-0.05, 0) is 57.4 Å². The average molecular weight is 354 g/mol. The Balaban J connectivity index is 2.00. The van der Waals surface area contributed by atoms with Crippen LogP contribution in [0.15, 0.2) is 23.1 Å². The molecule has 0 bridgehead atoms. The van der Waals surface area contributed by atoms with Crippen LogP contribution in [0.5, 0.6) is 0 Å². The van der Waals surface area contributed by atoms with E-state index in [1.54, 1.807) is 23.1 Å². The molecule has 2 rings (SSSR count). The number of nitrogens with one attached hydrogen (secondary N) is 1. The van der Waals surface area contributed by atoms with Gasteiger partial charge in [-0.2, -0.15) is 0 Å². The predicted molar refractivity (Wildman–Crippen MR) is 93.7 cm³/mol. The summed E-state index contributed by atoms with van der Waals surface area (Å²) in [5.41, 5.74) is 1.58. The fraction of sp³-hybridized carbons (Fsp3) is 0.588. The Morgan fingerprint density at radius 2 is 2.08 bits per heavy atom. The zero-order chi connectivity index (χ0) is 17.7. The summed E-state index contributed by atoms with van der Waals surface area (Å²) in [6.45, 7) is 7.27. The number of amides is 1. The minimum atomic E-state index is -3.55. The van der Waals surface area contributed by atoms with Crippen molar-refractivity contribution >= 4 is 21.6 Å². The van der Waals surface area contributed by atoms with Crippen molar-refractivity contribution in [3.05, 3.63) is 23.8 Å². The van der Waals surface area contributed by atoms with Crippen LogP contribution in [0.4, 0.5) is 5.69 Å². The van der Waals surface area contributed by atoms with Gasteiger partial charge in [-0.1, -0.05) is 0 Å². The number of ether oxygens (including phenoxy) is 1. The molecule has 6 nitrogen and oxygen atoms in total. The summed E-state index contributed by atoms with van der Waals surface area (Å²) >= 11 is 0. The molecule has 1 aliphatic rings. The second-order valence-corrected chi connectivity index (χ2v) is 8.04. The number of nitrogens with zero attached hydrogens (tertiary/aromatic N) is 1. The number of sulfonamides is 1. The third-order valence-corrected chi connectivity index (χ3v) is 5.37. The maximum atomic E-state index is 12.3. The van der Waals surface area contributed by atoms with Crippen LogP contribution in [0.3, 0.4) is 0 Å². The van der Waals surface area contributed by atoms with Gasteiger partial charge in [0, 0.05) is 31.8 Å². The highest BCUT2D eigenvalue weighted by molar-refractivity contribution is 7.89. The molecule has 0 radical (unpaired) electrons. The van der Waals surface area contributed by atoms with E-state index in [9.17, 15) is 13.2 Å². The highest BCUT2D eigenvalue weighted by atomic mass is 32.2. The summed E-state index contributed by atoms with van der Waals surface area (Å²) in [6, 6.07) is 4.89. The first-order valence-electron chi connectivity index (χ1n) is 8.33. The average Bonchev–Trinajstić information content (AvgIpc) is 2.92. The van der Waals surface area contributed by atoms with Gasteiger partial charge in [-0.15, -0.1) is 0 Å². The first kappa shape index (κ1) is 18.9. The van der Waals surface area contributed by atoms with E-state index in [1.165, 1.54) is 0 Å². The number of hydrogen-bond donors (Lipinski definition) is 1. The molecule has 1 aliphatic heterocycles. The summed E-state index contributed by atoms with van der Waals surface area (Å²) in [5.74, 6) is 0.0944. The highest BCUT2D eigenvalue weighted by Crippen LogP contribution is 2.27. The number of rotatable bonds is 8. The van der Waals surface area contributed by atoms with Crippen LogP contribution in [0.2, 0.25) is 0 Å². The van der Waals surface area contributed by atoms with Crippen molar-refractivity contribution in [1.82, 2.24) is 4.72 Å². The fourth-order valence-electron chi connectivity index (χ4n) is 2.68. The minimum absolute atomic E-state index is 0.0944. The number of carbonyl (C=O) groups excluding carboxylic acids is 1. The summed E-state index contributed by atoms with van der Waals surface area (Å²) in [5, 5.41) is 0. The summed E-state index contributed by atoms with van der Waals surface area (Å²) in [6.07, 6.45) is 2.17. The van der Waals surface area contributed by atoms with Crippen molar-refractivity contribution < 1.29 is 17.9 Å². The monoisotopic (exact) mass is 354 g/mol. The van der Waals surface area contributed by atoms with E-state index in [4.69, 9.17) is 4.74 Å². The van der Waals surface area contributed by atoms with E-state index in [0.29, 0.717) is 32.5 Å². The first-order chi connectivity index (χ1) is 11.3. The lowest BCUT2D eigenvalue weighted by atomic mass is 10.2. The Morgan fingerprint density at radius 3 is 2.67 bits per heavy atom. The van der Waals surface area contributed by atoms with Gasteiger partial charge in [0.1, 0.15) is 0 Å². The van der Waals surface area contributed by atoms with Crippen molar-refractivity contribution in [2.45, 2.75) is 51.0 Å². The van der Waals surface area contributed by atoms with Gasteiger partial charge in [0.05, 0.1) is 11.0 Å². The number of benzene rings is 1. The van der Waals surface area contributed by atoms with Crippen molar-refractivity contribution in [1.29, 1.82) is 0 Å². The minimum Gasteiger partial charge on any atom is -0.379 e. The zero-order valence-corrected chi connectivity index (χ0v) is 15.4. The van der Waals surface area contributed by atoms with Crippen LogP contribution in [0, 0.1) is 6.92 Å². The molecule has 0 atom stereocenters. The van der Waals surface area contributed by atoms with Crippen LogP contribution in [0.25, 0.3) is 0 Å². The molecular formula is C17H26N2O4S. The zero-order valence-electron chi connectivity index (χ0n) is 14.5. The smallest absolute Gasteiger partial charge is 0.240 e. The molecule has 0 saturated carbocycles. The van der Waals surface area contributed by atoms with Crippen molar-refractivity contribution in [3.8, 4) is 0 Å². The van der Waals surface area contributed by atoms with Gasteiger partial charge in [0.25, 0.3) is 0 Å². The maximum absolute atomic E-state index is 12.3. The van der Waals surface area contributed by atoms with E-state index < -0.39 is 10.0 Å². The van der Waals surface area contributed by atoms with E-state index in [0.717, 1.165) is 17.7 Å². The second kappa shape index (κ2) is 8.09. The molecule has 24 heavy (non-hydrogen) atoms. The van der Waals surface area contributed by atoms with Gasteiger partial charge in [0.15, 0.2) is 0 Å². The predicted octanol–water partition coefficient (Wildman–Crippen LogP) is 2.22. The Bertz CT molecular complexity index is 686. The van der Waals surface area contributed by atoms with Crippen LogP contribution in [-0.4, -0.2) is 40.1 Å². The molecule has 1 fully saturated rings. The van der Waals surface area contributed by atoms with Gasteiger partial charge < -0.3 is 9.64 Å². The Labute approximate surface area is 144 Å². The SMILES string of the molecule is Cc1cc(S(=O)(=O)NCCCOC(C)C)ccc1N1CCCC1=O. The van der Waals surface area contributed by atoms with E-state index in [1.807, 2.05) is 20.8 Å². The summed E-state index contributed by atoms with van der Waals surface area (Å²) < 4.78 is 32.7. The Morgan fingerprint density at radius 1 is 1.33 bits per heavy atom. The van der Waals surface area contributed by atoms with Crippen molar-refractivity contribution in [2.24, 2.45) is 0 Å². The van der Waals surface area contributed by atoms with Crippen molar-refractivity contribution in [3.63, 3.8) is 0 Å². The Kier molecular flexibility index (Phi) is 6.37. The molecule has 0 spiro atoms. The molecule has 1 amide bonds. The molecule has 1 aromatic rings. The van der Waals surface area contributed by atoms with Crippen LogP contribution >= 0.6 is 0 Å². The molecule has 134 valence electrons. The van der Waals surface area contributed by atoms with Crippen LogP contribution in [0.1, 0.15) is 38.7 Å². The van der Waals surface area contributed by atoms with Gasteiger partial charge in [-0.3, -0.25) is 4.79 Å². The molecule has 1 N–H and O–H groups in total. The van der Waals surface area contributed by atoms with E-state index in [2.05, 4.69) is 4.72 Å². The van der Waals surface area contributed by atoms with Crippen LogP contribution < -0.4 is 9.62 Å². The van der Waals surface area contributed by atoms with E-state index in [-0.39, 0.29) is 16.9 Å². The maximum Gasteiger partial charge on any atom is 0.240 e. The molecule has 1 saturated heterocycles. The quantitative estimate of drug-likeness (QED) is 0.726. The molecule has 1 heterocycles. The van der Waals surface area contributed by atoms with Crippen molar-refractivity contribution in [2.75, 3.05) is 24.6 Å². The normalized spacial score (nSPS) is 15.5. The lowest BCUT2D eigenvalue weighted by Gasteiger charge is -2.19. The molecule has 7 heteroatoms. The largest absolute Gasteiger partial charge is 0.379 e. The number of anilines is 1. The fourth-order valence-corrected chi connectivity index (χ4v) is 3.84. The summed E-state index contributed by atoms with van der Waals surface area (Å²) in [4.78, 5) is 13.8. The molecule has 1 aromatic carbocycles. The van der Waals surface area contributed by atoms with Gasteiger partial charge in [-0.25, -0.2) is 13.1 Å². The molecule has 0 unspecified atom stereocenters. The van der Waals surface area contributed by atoms with Gasteiger partial charge in [0.2, 0.25) is 15.9 Å². The summed E-state index contributed by atoms with van der Waals surface area (Å²) in [7, 11) is -3.55. The van der Waals surface area contributed by atoms with Gasteiger partial charge >= 0.3 is 0 Å². The first-order valence-corrected chi connectivity index (χ1v) is 9.82. The Hall–Kier alpha value is -1.44. The third kappa shape index (κ3) is 4.78. The highest BCUT2D eigenvalue weighted by Gasteiger charge is 2.24. The standard InChI is InChI=1S/C17H26N2O4S/c1-13(2)23-11-5-9-18-24(21,22)15-7-8-16(14(3)12-15)19-10-4-6-17(19)20/h7-8,12-13,18H,4-6,9-11H2,1-3H3. The lowest BCUT2D eigenvalue weighted by molar-refractivity contribution is -0.117. The number of aryl methyl sites for hydroxylation is 1. The molecular weight excluding hydrogens is 328 g/mol.